The second kappa shape index (κ2) is 6.68. The first-order chi connectivity index (χ1) is 12.3. The molecule has 9 heteroatoms. The zero-order valence-corrected chi connectivity index (χ0v) is 14.5. The Morgan fingerprint density at radius 3 is 2.42 bits per heavy atom. The van der Waals surface area contributed by atoms with Crippen LogP contribution in [0.15, 0.2) is 42.5 Å². The summed E-state index contributed by atoms with van der Waals surface area (Å²) in [6, 6.07) is 11.6. The molecule has 0 atom stereocenters. The third-order valence-electron chi connectivity index (χ3n) is 4.04. The summed E-state index contributed by atoms with van der Waals surface area (Å²) in [5, 5.41) is 10.2. The molecule has 1 aliphatic heterocycles. The standard InChI is InChI=1S/C17H17N3O5S/c18-17(23)13-3-1-2-11(8-13)4-5-12-6-7-14(15(21)9-12)20-10-16(22)19-26(20,24)25/h1-3,6-9,21H,4-5,10H2,(H2,18,23)(H,19,22). The number of phenolic OH excluding ortho intramolecular Hbond substituents is 1. The first kappa shape index (κ1) is 17.7. The lowest BCUT2D eigenvalue weighted by molar-refractivity contribution is -0.117. The molecule has 2 aromatic rings. The highest BCUT2D eigenvalue weighted by Gasteiger charge is 2.35. The van der Waals surface area contributed by atoms with Crippen LogP contribution in [0, 0.1) is 0 Å². The lowest BCUT2D eigenvalue weighted by Crippen LogP contribution is -2.29. The monoisotopic (exact) mass is 375 g/mol. The maximum Gasteiger partial charge on any atom is 0.326 e. The van der Waals surface area contributed by atoms with Crippen molar-refractivity contribution < 1.29 is 23.1 Å². The van der Waals surface area contributed by atoms with Crippen LogP contribution in [0.25, 0.3) is 0 Å². The van der Waals surface area contributed by atoms with Crippen molar-refractivity contribution in [1.29, 1.82) is 0 Å². The number of rotatable bonds is 5. The molecule has 0 bridgehead atoms. The SMILES string of the molecule is NC(=O)c1cccc(CCc2ccc(N3CC(=O)NS3(=O)=O)c(O)c2)c1. The Balaban J connectivity index is 1.75. The molecule has 1 aliphatic rings. The Kier molecular flexibility index (Phi) is 4.56. The normalized spacial score (nSPS) is 15.7. The van der Waals surface area contributed by atoms with Gasteiger partial charge in [-0.1, -0.05) is 18.2 Å². The zero-order valence-electron chi connectivity index (χ0n) is 13.7. The predicted molar refractivity (Wildman–Crippen MR) is 94.9 cm³/mol. The maximum absolute atomic E-state index is 11.9. The van der Waals surface area contributed by atoms with Crippen LogP contribution < -0.4 is 14.8 Å². The van der Waals surface area contributed by atoms with Crippen LogP contribution >= 0.6 is 0 Å². The number of aryl methyl sites for hydroxylation is 2. The molecule has 1 saturated heterocycles. The average Bonchev–Trinajstić information content (AvgIpc) is 2.85. The summed E-state index contributed by atoms with van der Waals surface area (Å²) in [4.78, 5) is 22.5. The minimum absolute atomic E-state index is 0.0443. The second-order valence-electron chi connectivity index (χ2n) is 5.92. The van der Waals surface area contributed by atoms with Gasteiger partial charge in [-0.2, -0.15) is 8.42 Å². The van der Waals surface area contributed by atoms with Crippen LogP contribution in [0.1, 0.15) is 21.5 Å². The van der Waals surface area contributed by atoms with Gasteiger partial charge < -0.3 is 10.8 Å². The van der Waals surface area contributed by atoms with Crippen molar-refractivity contribution in [3.05, 3.63) is 59.2 Å². The molecule has 8 nitrogen and oxygen atoms in total. The Labute approximate surface area is 150 Å². The fourth-order valence-corrected chi connectivity index (χ4v) is 3.93. The zero-order chi connectivity index (χ0) is 18.9. The van der Waals surface area contributed by atoms with Crippen molar-refractivity contribution >= 4 is 27.7 Å². The fraction of sp³-hybridized carbons (Fsp3) is 0.176. The third-order valence-corrected chi connectivity index (χ3v) is 5.43. The van der Waals surface area contributed by atoms with Gasteiger partial charge in [0.15, 0.2) is 0 Å². The van der Waals surface area contributed by atoms with Gasteiger partial charge in [0.2, 0.25) is 5.91 Å². The van der Waals surface area contributed by atoms with Crippen LogP contribution in [-0.4, -0.2) is 31.9 Å². The van der Waals surface area contributed by atoms with Gasteiger partial charge >= 0.3 is 10.2 Å². The summed E-state index contributed by atoms with van der Waals surface area (Å²) in [7, 11) is -3.96. The van der Waals surface area contributed by atoms with Gasteiger partial charge in [0.1, 0.15) is 12.3 Å². The molecule has 1 heterocycles. The molecule has 0 aromatic heterocycles. The Morgan fingerprint density at radius 2 is 1.85 bits per heavy atom. The summed E-state index contributed by atoms with van der Waals surface area (Å²) in [5.74, 6) is -1.37. The van der Waals surface area contributed by atoms with Crippen LogP contribution in [0.3, 0.4) is 0 Å². The number of amides is 2. The van der Waals surface area contributed by atoms with E-state index in [1.54, 1.807) is 24.3 Å². The molecule has 136 valence electrons. The van der Waals surface area contributed by atoms with E-state index in [9.17, 15) is 23.1 Å². The van der Waals surface area contributed by atoms with Crippen molar-refractivity contribution in [2.45, 2.75) is 12.8 Å². The van der Waals surface area contributed by atoms with Crippen molar-refractivity contribution in [3.63, 3.8) is 0 Å². The van der Waals surface area contributed by atoms with Crippen LogP contribution in [0.2, 0.25) is 0 Å². The van der Waals surface area contributed by atoms with Gasteiger partial charge in [0.25, 0.3) is 5.91 Å². The molecule has 0 unspecified atom stereocenters. The lowest BCUT2D eigenvalue weighted by Gasteiger charge is -2.16. The number of aromatic hydroxyl groups is 1. The number of carbonyl (C=O) groups excluding carboxylic acids is 2. The van der Waals surface area contributed by atoms with Gasteiger partial charge in [0.05, 0.1) is 5.69 Å². The molecule has 0 spiro atoms. The van der Waals surface area contributed by atoms with Crippen LogP contribution in [0.4, 0.5) is 5.69 Å². The molecule has 0 aliphatic carbocycles. The van der Waals surface area contributed by atoms with Gasteiger partial charge in [-0.25, -0.2) is 9.03 Å². The van der Waals surface area contributed by atoms with Crippen LogP contribution in [0.5, 0.6) is 5.75 Å². The molecular weight excluding hydrogens is 358 g/mol. The van der Waals surface area contributed by atoms with E-state index in [1.807, 2.05) is 10.8 Å². The topological polar surface area (TPSA) is 130 Å². The number of carbonyl (C=O) groups is 2. The predicted octanol–water partition coefficient (Wildman–Crippen LogP) is 0.457. The minimum atomic E-state index is -3.96. The van der Waals surface area contributed by atoms with E-state index >= 15 is 0 Å². The number of phenols is 1. The quantitative estimate of drug-likeness (QED) is 0.699. The second-order valence-corrected chi connectivity index (χ2v) is 7.52. The highest BCUT2D eigenvalue weighted by atomic mass is 32.2. The summed E-state index contributed by atoms with van der Waals surface area (Å²) in [6.07, 6.45) is 1.18. The molecular formula is C17H17N3O5S. The first-order valence-electron chi connectivity index (χ1n) is 7.80. The van der Waals surface area contributed by atoms with Crippen molar-refractivity contribution in [2.24, 2.45) is 5.73 Å². The maximum atomic E-state index is 11.9. The molecule has 0 radical (unpaired) electrons. The van der Waals surface area contributed by atoms with E-state index in [0.29, 0.717) is 18.4 Å². The number of nitrogens with two attached hydrogens (primary N) is 1. The van der Waals surface area contributed by atoms with Crippen molar-refractivity contribution in [1.82, 2.24) is 4.72 Å². The molecule has 3 rings (SSSR count). The van der Waals surface area contributed by atoms with Gasteiger partial charge in [0, 0.05) is 5.56 Å². The third kappa shape index (κ3) is 3.62. The number of anilines is 1. The summed E-state index contributed by atoms with van der Waals surface area (Å²) in [6.45, 7) is -0.366. The first-order valence-corrected chi connectivity index (χ1v) is 9.24. The number of nitrogens with zero attached hydrogens (tertiary/aromatic N) is 1. The Morgan fingerprint density at radius 1 is 1.15 bits per heavy atom. The Bertz CT molecular complexity index is 988. The molecule has 26 heavy (non-hydrogen) atoms. The molecule has 4 N–H and O–H groups in total. The Hall–Kier alpha value is -3.07. The van der Waals surface area contributed by atoms with Gasteiger partial charge in [-0.3, -0.25) is 9.59 Å². The number of hydrogen-bond acceptors (Lipinski definition) is 5. The van der Waals surface area contributed by atoms with E-state index in [1.165, 1.54) is 12.1 Å². The number of nitrogens with one attached hydrogen (secondary N) is 1. The van der Waals surface area contributed by atoms with Gasteiger partial charge in [-0.15, -0.1) is 0 Å². The van der Waals surface area contributed by atoms with Crippen molar-refractivity contribution in [2.75, 3.05) is 10.8 Å². The molecule has 2 aromatic carbocycles. The summed E-state index contributed by atoms with van der Waals surface area (Å²) in [5.41, 5.74) is 7.44. The largest absolute Gasteiger partial charge is 0.506 e. The number of primary amides is 1. The fourth-order valence-electron chi connectivity index (χ4n) is 2.77. The molecule has 1 fully saturated rings. The minimum Gasteiger partial charge on any atom is -0.506 e. The van der Waals surface area contributed by atoms with E-state index < -0.39 is 22.0 Å². The summed E-state index contributed by atoms with van der Waals surface area (Å²) >= 11 is 0. The van der Waals surface area contributed by atoms with Gasteiger partial charge in [-0.05, 0) is 48.2 Å². The van der Waals surface area contributed by atoms with E-state index in [4.69, 9.17) is 5.73 Å². The number of hydrogen-bond donors (Lipinski definition) is 3. The van der Waals surface area contributed by atoms with E-state index in [2.05, 4.69) is 0 Å². The summed E-state index contributed by atoms with van der Waals surface area (Å²) < 4.78 is 26.4. The highest BCUT2D eigenvalue weighted by Crippen LogP contribution is 2.31. The van der Waals surface area contributed by atoms with E-state index in [-0.39, 0.29) is 18.0 Å². The van der Waals surface area contributed by atoms with E-state index in [0.717, 1.165) is 15.4 Å². The van der Waals surface area contributed by atoms with Crippen molar-refractivity contribution in [3.8, 4) is 5.75 Å². The van der Waals surface area contributed by atoms with Crippen LogP contribution in [-0.2, 0) is 27.8 Å². The lowest BCUT2D eigenvalue weighted by atomic mass is 10.0. The highest BCUT2D eigenvalue weighted by molar-refractivity contribution is 7.92. The average molecular weight is 375 g/mol. The molecule has 0 saturated carbocycles. The number of benzene rings is 2. The smallest absolute Gasteiger partial charge is 0.326 e. The molecule has 2 amide bonds.